The zero-order chi connectivity index (χ0) is 9.84. The van der Waals surface area contributed by atoms with Crippen LogP contribution >= 0.6 is 0 Å². The van der Waals surface area contributed by atoms with Crippen molar-refractivity contribution in [1.29, 1.82) is 5.26 Å². The first-order valence-electron chi connectivity index (χ1n) is 3.99. The maximum absolute atomic E-state index is 11.1. The lowest BCUT2D eigenvalue weighted by molar-refractivity contribution is 0.0973. The molecule has 0 unspecified atom stereocenters. The van der Waals surface area contributed by atoms with Gasteiger partial charge in [-0.1, -0.05) is 6.92 Å². The van der Waals surface area contributed by atoms with E-state index >= 15 is 0 Å². The van der Waals surface area contributed by atoms with Gasteiger partial charge in [-0.3, -0.25) is 4.79 Å². The molecule has 1 rings (SSSR count). The minimum absolute atomic E-state index is 0.0957. The summed E-state index contributed by atoms with van der Waals surface area (Å²) in [6.07, 6.45) is 0.598. The van der Waals surface area contributed by atoms with Crippen LogP contribution in [0.15, 0.2) is 10.5 Å². The Balaban J connectivity index is 3.08. The number of nitrogens with zero attached hydrogens (tertiary/aromatic N) is 1. The molecule has 68 valence electrons. The van der Waals surface area contributed by atoms with Crippen LogP contribution < -0.4 is 5.73 Å². The Morgan fingerprint density at radius 3 is 2.85 bits per heavy atom. The average Bonchev–Trinajstić information content (AvgIpc) is 2.59. The van der Waals surface area contributed by atoms with Crippen LogP contribution in [-0.4, -0.2) is 12.3 Å². The summed E-state index contributed by atoms with van der Waals surface area (Å²) in [6, 6.07) is 3.40. The zero-order valence-electron chi connectivity index (χ0n) is 7.33. The topological polar surface area (TPSA) is 80.0 Å². The van der Waals surface area contributed by atoms with Crippen molar-refractivity contribution >= 4 is 5.78 Å². The number of aryl methyl sites for hydroxylation is 1. The predicted molar refractivity (Wildman–Crippen MR) is 46.2 cm³/mol. The van der Waals surface area contributed by atoms with Gasteiger partial charge < -0.3 is 10.2 Å². The van der Waals surface area contributed by atoms with Crippen LogP contribution in [0.2, 0.25) is 0 Å². The second-order valence-corrected chi connectivity index (χ2v) is 2.54. The molecule has 4 heteroatoms. The molecule has 0 radical (unpaired) electrons. The van der Waals surface area contributed by atoms with Gasteiger partial charge in [0.15, 0.2) is 5.76 Å². The van der Waals surface area contributed by atoms with Gasteiger partial charge in [0.2, 0.25) is 5.78 Å². The van der Waals surface area contributed by atoms with Crippen molar-refractivity contribution in [1.82, 2.24) is 0 Å². The fraction of sp³-hybridized carbons (Fsp3) is 0.333. The van der Waals surface area contributed by atoms with Gasteiger partial charge in [-0.2, -0.15) is 5.26 Å². The van der Waals surface area contributed by atoms with Crippen molar-refractivity contribution in [3.63, 3.8) is 0 Å². The maximum atomic E-state index is 11.1. The Labute approximate surface area is 75.9 Å². The summed E-state index contributed by atoms with van der Waals surface area (Å²) in [7, 11) is 0. The van der Waals surface area contributed by atoms with Crippen LogP contribution in [0.3, 0.4) is 0 Å². The van der Waals surface area contributed by atoms with E-state index in [-0.39, 0.29) is 18.1 Å². The molecular weight excluding hydrogens is 168 g/mol. The van der Waals surface area contributed by atoms with Crippen molar-refractivity contribution in [3.05, 3.63) is 23.2 Å². The molecule has 1 heterocycles. The molecule has 0 aromatic carbocycles. The molecule has 0 bridgehead atoms. The monoisotopic (exact) mass is 178 g/mol. The molecule has 0 atom stereocenters. The van der Waals surface area contributed by atoms with E-state index in [1.165, 1.54) is 6.07 Å². The van der Waals surface area contributed by atoms with Crippen LogP contribution in [0, 0.1) is 11.3 Å². The summed E-state index contributed by atoms with van der Waals surface area (Å²) in [6.45, 7) is 1.76. The summed E-state index contributed by atoms with van der Waals surface area (Å²) >= 11 is 0. The van der Waals surface area contributed by atoms with Crippen molar-refractivity contribution in [3.8, 4) is 6.07 Å². The van der Waals surface area contributed by atoms with E-state index in [2.05, 4.69) is 0 Å². The van der Waals surface area contributed by atoms with Gasteiger partial charge in [-0.25, -0.2) is 0 Å². The van der Waals surface area contributed by atoms with Crippen molar-refractivity contribution in [2.75, 3.05) is 6.54 Å². The minimum atomic E-state index is -0.281. The molecule has 0 saturated heterocycles. The van der Waals surface area contributed by atoms with Gasteiger partial charge in [0.1, 0.15) is 11.8 Å². The van der Waals surface area contributed by atoms with Gasteiger partial charge in [0, 0.05) is 12.5 Å². The molecule has 0 amide bonds. The molecule has 0 aliphatic heterocycles. The van der Waals surface area contributed by atoms with E-state index in [4.69, 9.17) is 15.4 Å². The van der Waals surface area contributed by atoms with E-state index in [1.807, 2.05) is 13.0 Å². The van der Waals surface area contributed by atoms with E-state index < -0.39 is 0 Å². The number of carbonyl (C=O) groups is 1. The number of hydrogen-bond donors (Lipinski definition) is 1. The summed E-state index contributed by atoms with van der Waals surface area (Å²) in [5, 5.41) is 8.66. The second-order valence-electron chi connectivity index (χ2n) is 2.54. The highest BCUT2D eigenvalue weighted by Gasteiger charge is 2.13. The summed E-state index contributed by atoms with van der Waals surface area (Å²) < 4.78 is 5.16. The zero-order valence-corrected chi connectivity index (χ0v) is 7.33. The Morgan fingerprint density at radius 1 is 1.77 bits per heavy atom. The second kappa shape index (κ2) is 3.87. The molecule has 0 spiro atoms. The molecule has 4 nitrogen and oxygen atoms in total. The van der Waals surface area contributed by atoms with Crippen molar-refractivity contribution in [2.45, 2.75) is 13.3 Å². The van der Waals surface area contributed by atoms with Crippen LogP contribution in [0.5, 0.6) is 0 Å². The third-order valence-corrected chi connectivity index (χ3v) is 1.71. The van der Waals surface area contributed by atoms with Gasteiger partial charge in [-0.15, -0.1) is 0 Å². The standard InChI is InChI=1S/C9H10N2O2/c1-2-8-6(4-10)3-9(13-8)7(12)5-11/h3H,2,5,11H2,1H3. The molecule has 1 aromatic rings. The highest BCUT2D eigenvalue weighted by Crippen LogP contribution is 2.15. The molecule has 0 saturated carbocycles. The smallest absolute Gasteiger partial charge is 0.211 e. The summed E-state index contributed by atoms with van der Waals surface area (Å²) in [5.41, 5.74) is 5.57. The molecule has 0 aliphatic rings. The van der Waals surface area contributed by atoms with Crippen LogP contribution in [-0.2, 0) is 6.42 Å². The molecular formula is C9H10N2O2. The fourth-order valence-electron chi connectivity index (χ4n) is 1.02. The Hall–Kier alpha value is -1.60. The molecule has 1 aromatic heterocycles. The van der Waals surface area contributed by atoms with E-state index in [0.29, 0.717) is 17.7 Å². The van der Waals surface area contributed by atoms with E-state index in [0.717, 1.165) is 0 Å². The Morgan fingerprint density at radius 2 is 2.46 bits per heavy atom. The first kappa shape index (κ1) is 9.49. The van der Waals surface area contributed by atoms with Gasteiger partial charge >= 0.3 is 0 Å². The first-order valence-corrected chi connectivity index (χ1v) is 3.99. The van der Waals surface area contributed by atoms with Crippen LogP contribution in [0.4, 0.5) is 0 Å². The van der Waals surface area contributed by atoms with Crippen molar-refractivity contribution < 1.29 is 9.21 Å². The van der Waals surface area contributed by atoms with Gasteiger partial charge in [0.25, 0.3) is 0 Å². The minimum Gasteiger partial charge on any atom is -0.457 e. The van der Waals surface area contributed by atoms with Gasteiger partial charge in [0.05, 0.1) is 12.1 Å². The van der Waals surface area contributed by atoms with Crippen molar-refractivity contribution in [2.24, 2.45) is 5.73 Å². The van der Waals surface area contributed by atoms with E-state index in [9.17, 15) is 4.79 Å². The fourth-order valence-corrected chi connectivity index (χ4v) is 1.02. The van der Waals surface area contributed by atoms with E-state index in [1.54, 1.807) is 0 Å². The Bertz CT molecular complexity index is 360. The molecule has 0 fully saturated rings. The number of hydrogen-bond acceptors (Lipinski definition) is 4. The third kappa shape index (κ3) is 1.76. The number of carbonyl (C=O) groups excluding carboxylic acids is 1. The largest absolute Gasteiger partial charge is 0.457 e. The lowest BCUT2D eigenvalue weighted by Crippen LogP contribution is -2.12. The van der Waals surface area contributed by atoms with Crippen LogP contribution in [0.25, 0.3) is 0 Å². The molecule has 2 N–H and O–H groups in total. The number of nitriles is 1. The number of Topliss-reactive ketones (excluding diaryl/α,β-unsaturated/α-hetero) is 1. The summed E-state index contributed by atoms with van der Waals surface area (Å²) in [4.78, 5) is 11.1. The Kier molecular flexibility index (Phi) is 2.83. The maximum Gasteiger partial charge on any atom is 0.211 e. The summed E-state index contributed by atoms with van der Waals surface area (Å²) in [5.74, 6) is 0.436. The average molecular weight is 178 g/mol. The first-order chi connectivity index (χ1) is 6.22. The number of nitrogens with two attached hydrogens (primary N) is 1. The SMILES string of the molecule is CCc1oc(C(=O)CN)cc1C#N. The number of rotatable bonds is 3. The number of furan rings is 1. The highest BCUT2D eigenvalue weighted by atomic mass is 16.3. The highest BCUT2D eigenvalue weighted by molar-refractivity contribution is 5.95. The predicted octanol–water partition coefficient (Wildman–Crippen LogP) is 0.855. The normalized spacial score (nSPS) is 9.62. The quantitative estimate of drug-likeness (QED) is 0.696. The number of ketones is 1. The third-order valence-electron chi connectivity index (χ3n) is 1.71. The van der Waals surface area contributed by atoms with Gasteiger partial charge in [-0.05, 0) is 0 Å². The lowest BCUT2D eigenvalue weighted by atomic mass is 10.2. The van der Waals surface area contributed by atoms with Crippen LogP contribution in [0.1, 0.15) is 28.8 Å². The molecule has 13 heavy (non-hydrogen) atoms. The lowest BCUT2D eigenvalue weighted by Gasteiger charge is -1.90. The molecule has 0 aliphatic carbocycles.